The summed E-state index contributed by atoms with van der Waals surface area (Å²) < 4.78 is 0. The maximum absolute atomic E-state index is 2.41. The summed E-state index contributed by atoms with van der Waals surface area (Å²) in [5, 5.41) is 0. The second-order valence-corrected chi connectivity index (χ2v) is 5.02. The first kappa shape index (κ1) is 8.58. The fourth-order valence-electron chi connectivity index (χ4n) is 3.30. The zero-order valence-corrected chi connectivity index (χ0v) is 9.24. The molecule has 0 heteroatoms. The van der Waals surface area contributed by atoms with Gasteiger partial charge in [-0.05, 0) is 53.0 Å². The van der Waals surface area contributed by atoms with Gasteiger partial charge in [-0.3, -0.25) is 0 Å². The predicted octanol–water partition coefficient (Wildman–Crippen LogP) is 3.94. The Morgan fingerprint density at radius 3 is 2.88 bits per heavy atom. The van der Waals surface area contributed by atoms with E-state index in [-0.39, 0.29) is 0 Å². The van der Waals surface area contributed by atoms with Crippen LogP contribution in [-0.2, 0) is 12.8 Å². The van der Waals surface area contributed by atoms with Crippen molar-refractivity contribution in [2.45, 2.75) is 25.2 Å². The van der Waals surface area contributed by atoms with Crippen LogP contribution in [0.5, 0.6) is 0 Å². The van der Waals surface area contributed by atoms with Crippen LogP contribution in [0, 0.1) is 0 Å². The molecule has 0 aliphatic heterocycles. The second kappa shape index (κ2) is 2.98. The van der Waals surface area contributed by atoms with Gasteiger partial charge >= 0.3 is 0 Å². The zero-order valence-electron chi connectivity index (χ0n) is 9.24. The number of aryl methyl sites for hydroxylation is 1. The monoisotopic (exact) mass is 206 g/mol. The lowest BCUT2D eigenvalue weighted by molar-refractivity contribution is 0.624. The standard InChI is InChI=1S/C16H14/c1-2-4-15-14(3-1)13-8-7-12-6-5-11(9-13)10-16(12)15/h1-6,10,13H,7-9H2. The third-order valence-corrected chi connectivity index (χ3v) is 4.11. The second-order valence-electron chi connectivity index (χ2n) is 5.02. The van der Waals surface area contributed by atoms with E-state index in [0.29, 0.717) is 0 Å². The van der Waals surface area contributed by atoms with Crippen LogP contribution in [0.2, 0.25) is 0 Å². The number of hydrogen-bond acceptors (Lipinski definition) is 0. The molecule has 78 valence electrons. The Bertz CT molecular complexity index is 566. The molecule has 0 spiro atoms. The van der Waals surface area contributed by atoms with Crippen molar-refractivity contribution >= 4 is 0 Å². The highest BCUT2D eigenvalue weighted by molar-refractivity contribution is 5.74. The van der Waals surface area contributed by atoms with Gasteiger partial charge in [0.2, 0.25) is 0 Å². The van der Waals surface area contributed by atoms with Crippen LogP contribution in [0.4, 0.5) is 0 Å². The first-order chi connectivity index (χ1) is 7.92. The molecule has 1 unspecified atom stereocenters. The molecule has 0 amide bonds. The number of benzene rings is 2. The van der Waals surface area contributed by atoms with Gasteiger partial charge in [0.1, 0.15) is 0 Å². The van der Waals surface area contributed by atoms with Crippen LogP contribution in [0.15, 0.2) is 42.5 Å². The Balaban J connectivity index is 2.14. The molecule has 0 aromatic heterocycles. The molecule has 0 saturated heterocycles. The molecule has 2 aromatic carbocycles. The smallest absolute Gasteiger partial charge is 0.0112 e. The number of fused-ring (bicyclic) bond motifs is 1. The van der Waals surface area contributed by atoms with Crippen molar-refractivity contribution in [3.63, 3.8) is 0 Å². The van der Waals surface area contributed by atoms with E-state index >= 15 is 0 Å². The SMILES string of the molecule is c1ccc2c(c1)-c1cc3ccc1CCC2C3. The van der Waals surface area contributed by atoms with Crippen molar-refractivity contribution in [1.29, 1.82) is 0 Å². The third-order valence-electron chi connectivity index (χ3n) is 4.11. The van der Waals surface area contributed by atoms with Crippen LogP contribution in [0.25, 0.3) is 11.1 Å². The summed E-state index contributed by atoms with van der Waals surface area (Å²) in [4.78, 5) is 0. The molecule has 2 aliphatic rings. The van der Waals surface area contributed by atoms with Gasteiger partial charge in [0, 0.05) is 0 Å². The van der Waals surface area contributed by atoms with Crippen molar-refractivity contribution < 1.29 is 0 Å². The molecule has 2 aliphatic carbocycles. The van der Waals surface area contributed by atoms with Gasteiger partial charge in [0.15, 0.2) is 0 Å². The Hall–Kier alpha value is -1.56. The average Bonchev–Trinajstić information content (AvgIpc) is 2.51. The molecule has 0 N–H and O–H groups in total. The van der Waals surface area contributed by atoms with Gasteiger partial charge < -0.3 is 0 Å². The van der Waals surface area contributed by atoms with E-state index in [9.17, 15) is 0 Å². The molecule has 2 aromatic rings. The average molecular weight is 206 g/mol. The molecule has 1 atom stereocenters. The highest BCUT2D eigenvalue weighted by Gasteiger charge is 2.25. The van der Waals surface area contributed by atoms with Crippen molar-refractivity contribution in [2.24, 2.45) is 0 Å². The summed E-state index contributed by atoms with van der Waals surface area (Å²) in [5.41, 5.74) is 7.60. The normalized spacial score (nSPS) is 20.4. The van der Waals surface area contributed by atoms with Gasteiger partial charge in [-0.15, -0.1) is 0 Å². The fourth-order valence-corrected chi connectivity index (χ4v) is 3.30. The Morgan fingerprint density at radius 1 is 0.938 bits per heavy atom. The Labute approximate surface area is 95.9 Å². The molecule has 0 fully saturated rings. The fraction of sp³-hybridized carbons (Fsp3) is 0.250. The Morgan fingerprint density at radius 2 is 1.88 bits per heavy atom. The topological polar surface area (TPSA) is 0 Å². The van der Waals surface area contributed by atoms with Crippen LogP contribution in [-0.4, -0.2) is 0 Å². The Kier molecular flexibility index (Phi) is 1.59. The molecular formula is C16H14. The van der Waals surface area contributed by atoms with Gasteiger partial charge in [0.25, 0.3) is 0 Å². The van der Waals surface area contributed by atoms with Crippen LogP contribution in [0.3, 0.4) is 0 Å². The van der Waals surface area contributed by atoms with Gasteiger partial charge in [0.05, 0.1) is 0 Å². The number of hydrogen-bond donors (Lipinski definition) is 0. The minimum atomic E-state index is 0.738. The summed E-state index contributed by atoms with van der Waals surface area (Å²) in [6, 6.07) is 16.0. The lowest BCUT2D eigenvalue weighted by Gasteiger charge is -2.17. The summed E-state index contributed by atoms with van der Waals surface area (Å²) >= 11 is 0. The zero-order chi connectivity index (χ0) is 10.5. The predicted molar refractivity (Wildman–Crippen MR) is 66.6 cm³/mol. The van der Waals surface area contributed by atoms with E-state index in [1.165, 1.54) is 36.0 Å². The van der Waals surface area contributed by atoms with Crippen LogP contribution in [0.1, 0.15) is 29.0 Å². The lowest BCUT2D eigenvalue weighted by Crippen LogP contribution is -2.04. The first-order valence-electron chi connectivity index (χ1n) is 6.13. The highest BCUT2D eigenvalue weighted by Crippen LogP contribution is 2.43. The summed E-state index contributed by atoms with van der Waals surface area (Å²) in [6.07, 6.45) is 3.79. The van der Waals surface area contributed by atoms with Gasteiger partial charge in [-0.25, -0.2) is 0 Å². The van der Waals surface area contributed by atoms with E-state index in [1.807, 2.05) is 0 Å². The molecular weight excluding hydrogens is 192 g/mol. The minimum Gasteiger partial charge on any atom is -0.0619 e. The van der Waals surface area contributed by atoms with Gasteiger partial charge in [-0.2, -0.15) is 0 Å². The molecule has 4 rings (SSSR count). The summed E-state index contributed by atoms with van der Waals surface area (Å²) in [5.74, 6) is 0.738. The van der Waals surface area contributed by atoms with Crippen molar-refractivity contribution in [3.8, 4) is 11.1 Å². The minimum absolute atomic E-state index is 0.738. The van der Waals surface area contributed by atoms with E-state index in [4.69, 9.17) is 0 Å². The van der Waals surface area contributed by atoms with Crippen molar-refractivity contribution in [2.75, 3.05) is 0 Å². The summed E-state index contributed by atoms with van der Waals surface area (Å²) in [6.45, 7) is 0. The largest absolute Gasteiger partial charge is 0.0619 e. The maximum atomic E-state index is 2.41. The van der Waals surface area contributed by atoms with E-state index < -0.39 is 0 Å². The molecule has 16 heavy (non-hydrogen) atoms. The maximum Gasteiger partial charge on any atom is -0.0112 e. The van der Waals surface area contributed by atoms with Gasteiger partial charge in [-0.1, -0.05) is 42.5 Å². The van der Waals surface area contributed by atoms with Crippen molar-refractivity contribution in [3.05, 3.63) is 59.2 Å². The molecule has 3 bridgehead atoms. The molecule has 0 saturated carbocycles. The molecule has 0 radical (unpaired) electrons. The van der Waals surface area contributed by atoms with E-state index in [1.54, 1.807) is 11.1 Å². The van der Waals surface area contributed by atoms with E-state index in [2.05, 4.69) is 42.5 Å². The van der Waals surface area contributed by atoms with Crippen molar-refractivity contribution in [1.82, 2.24) is 0 Å². The van der Waals surface area contributed by atoms with Crippen LogP contribution < -0.4 is 0 Å². The number of rotatable bonds is 0. The highest BCUT2D eigenvalue weighted by atomic mass is 14.3. The quantitative estimate of drug-likeness (QED) is 0.612. The first-order valence-corrected chi connectivity index (χ1v) is 6.13. The van der Waals surface area contributed by atoms with E-state index in [0.717, 1.165) is 5.92 Å². The third kappa shape index (κ3) is 1.05. The molecule has 0 heterocycles. The van der Waals surface area contributed by atoms with Crippen LogP contribution >= 0.6 is 0 Å². The molecule has 0 nitrogen and oxygen atoms in total. The summed E-state index contributed by atoms with van der Waals surface area (Å²) in [7, 11) is 0. The lowest BCUT2D eigenvalue weighted by atomic mass is 9.87.